The summed E-state index contributed by atoms with van der Waals surface area (Å²) in [5.41, 5.74) is 2.25. The van der Waals surface area contributed by atoms with Gasteiger partial charge in [0.15, 0.2) is 18.1 Å². The van der Waals surface area contributed by atoms with Gasteiger partial charge in [0.2, 0.25) is 5.78 Å². The highest BCUT2D eigenvalue weighted by Crippen LogP contribution is 2.40. The Bertz CT molecular complexity index is 1020. The van der Waals surface area contributed by atoms with Crippen LogP contribution in [-0.2, 0) is 4.79 Å². The first-order valence-electron chi connectivity index (χ1n) is 8.46. The molecule has 0 aliphatic carbocycles. The fraction of sp³-hybridized carbons (Fsp3) is 0.190. The molecule has 140 valence electrons. The van der Waals surface area contributed by atoms with E-state index in [2.05, 4.69) is 0 Å². The fourth-order valence-electron chi connectivity index (χ4n) is 3.13. The van der Waals surface area contributed by atoms with Crippen molar-refractivity contribution in [3.05, 3.63) is 59.4 Å². The van der Waals surface area contributed by atoms with E-state index in [1.807, 2.05) is 60.3 Å². The zero-order valence-corrected chi connectivity index (χ0v) is 15.8. The largest absolute Gasteiger partial charge is 0.493 e. The van der Waals surface area contributed by atoms with Crippen LogP contribution >= 0.6 is 0 Å². The summed E-state index contributed by atoms with van der Waals surface area (Å²) >= 11 is 0. The predicted molar refractivity (Wildman–Crippen MR) is 104 cm³/mol. The highest BCUT2D eigenvalue weighted by atomic mass is 16.5. The predicted octanol–water partition coefficient (Wildman–Crippen LogP) is 2.84. The Kier molecular flexibility index (Phi) is 5.19. The zero-order valence-electron chi connectivity index (χ0n) is 15.8. The molecule has 0 N–H and O–H groups in total. The van der Waals surface area contributed by atoms with Crippen LogP contribution in [0.15, 0.2) is 53.9 Å². The number of hydrogen-bond donors (Lipinski definition) is 0. The second-order valence-electron chi connectivity index (χ2n) is 6.11. The lowest BCUT2D eigenvalue weighted by molar-refractivity contribution is -0.117. The number of hydrogen-bond acceptors (Lipinski definition) is 7. The van der Waals surface area contributed by atoms with E-state index < -0.39 is 5.78 Å². The van der Waals surface area contributed by atoms with Gasteiger partial charge in [-0.05, 0) is 24.3 Å². The Hall–Kier alpha value is -3.97. The number of ether oxygens (including phenoxy) is 2. The van der Waals surface area contributed by atoms with Crippen molar-refractivity contribution in [2.75, 3.05) is 37.6 Å². The van der Waals surface area contributed by atoms with Crippen molar-refractivity contribution in [1.82, 2.24) is 0 Å². The maximum absolute atomic E-state index is 12.7. The molecule has 2 aromatic rings. The van der Waals surface area contributed by atoms with Crippen molar-refractivity contribution in [3.8, 4) is 23.6 Å². The molecule has 0 saturated heterocycles. The molecular formula is C21H18N4O3. The zero-order chi connectivity index (χ0) is 20.3. The molecule has 0 atom stereocenters. The van der Waals surface area contributed by atoms with Crippen LogP contribution in [0.1, 0.15) is 5.56 Å². The van der Waals surface area contributed by atoms with Gasteiger partial charge in [-0.3, -0.25) is 4.79 Å². The van der Waals surface area contributed by atoms with Gasteiger partial charge in [-0.15, -0.1) is 0 Å². The van der Waals surface area contributed by atoms with Crippen LogP contribution in [0.2, 0.25) is 0 Å². The summed E-state index contributed by atoms with van der Waals surface area (Å²) in [6, 6.07) is 16.3. The summed E-state index contributed by atoms with van der Waals surface area (Å²) in [4.78, 5) is 16.4. The number of ketones is 1. The molecule has 2 aromatic carbocycles. The van der Waals surface area contributed by atoms with Crippen molar-refractivity contribution in [3.63, 3.8) is 0 Å². The van der Waals surface area contributed by atoms with Gasteiger partial charge in [-0.1, -0.05) is 12.1 Å². The first kappa shape index (κ1) is 18.8. The summed E-state index contributed by atoms with van der Waals surface area (Å²) in [6.07, 6.45) is 0. The lowest BCUT2D eigenvalue weighted by atomic mass is 10.2. The summed E-state index contributed by atoms with van der Waals surface area (Å²) in [5.74, 6) is 0.730. The summed E-state index contributed by atoms with van der Waals surface area (Å²) in [5, 5.41) is 18.6. The van der Waals surface area contributed by atoms with Crippen molar-refractivity contribution in [2.45, 2.75) is 0 Å². The number of Topliss-reactive ketones (excluding diaryl/α,β-unsaturated/α-hetero) is 1. The highest BCUT2D eigenvalue weighted by molar-refractivity contribution is 6.03. The highest BCUT2D eigenvalue weighted by Gasteiger charge is 2.31. The Morgan fingerprint density at radius 3 is 2.21 bits per heavy atom. The maximum Gasteiger partial charge on any atom is 0.214 e. The first-order valence-corrected chi connectivity index (χ1v) is 8.46. The van der Waals surface area contributed by atoms with Gasteiger partial charge in [0, 0.05) is 20.2 Å². The second-order valence-corrected chi connectivity index (χ2v) is 6.11. The third kappa shape index (κ3) is 3.22. The molecule has 1 aliphatic heterocycles. The van der Waals surface area contributed by atoms with Crippen molar-refractivity contribution < 1.29 is 14.3 Å². The molecule has 1 heterocycles. The molecule has 0 fully saturated rings. The molecule has 0 unspecified atom stereocenters. The van der Waals surface area contributed by atoms with Crippen LogP contribution in [0.25, 0.3) is 0 Å². The molecule has 0 spiro atoms. The van der Waals surface area contributed by atoms with Crippen LogP contribution in [0.4, 0.5) is 11.4 Å². The molecule has 0 saturated carbocycles. The normalized spacial score (nSPS) is 12.1. The smallest absolute Gasteiger partial charge is 0.214 e. The Morgan fingerprint density at radius 2 is 1.68 bits per heavy atom. The number of methoxy groups -OCH3 is 1. The molecule has 0 bridgehead atoms. The minimum absolute atomic E-state index is 0.00816. The summed E-state index contributed by atoms with van der Waals surface area (Å²) in [7, 11) is 5.08. The average Bonchev–Trinajstić information content (AvgIpc) is 2.98. The molecule has 0 aromatic heterocycles. The van der Waals surface area contributed by atoms with Crippen LogP contribution in [-0.4, -0.2) is 33.6 Å². The molecule has 0 radical (unpaired) electrons. The lowest BCUT2D eigenvalue weighted by Gasteiger charge is -2.20. The third-order valence-electron chi connectivity index (χ3n) is 4.51. The molecule has 1 aliphatic rings. The molecule has 0 amide bonds. The lowest BCUT2D eigenvalue weighted by Crippen LogP contribution is -2.27. The minimum atomic E-state index is -0.449. The van der Waals surface area contributed by atoms with E-state index in [0.717, 1.165) is 11.4 Å². The van der Waals surface area contributed by atoms with E-state index in [9.17, 15) is 10.1 Å². The molecule has 3 rings (SSSR count). The van der Waals surface area contributed by atoms with Gasteiger partial charge < -0.3 is 19.3 Å². The third-order valence-corrected chi connectivity index (χ3v) is 4.51. The topological polar surface area (TPSA) is 89.6 Å². The average molecular weight is 374 g/mol. The van der Waals surface area contributed by atoms with E-state index >= 15 is 0 Å². The Labute approximate surface area is 163 Å². The van der Waals surface area contributed by atoms with Gasteiger partial charge in [-0.25, -0.2) is 0 Å². The van der Waals surface area contributed by atoms with Crippen molar-refractivity contribution >= 4 is 17.2 Å². The Balaban J connectivity index is 1.85. The number of carbonyl (C=O) groups excluding carboxylic acids is 1. The quantitative estimate of drug-likeness (QED) is 0.587. The maximum atomic E-state index is 12.7. The first-order chi connectivity index (χ1) is 13.5. The van der Waals surface area contributed by atoms with E-state index in [4.69, 9.17) is 14.7 Å². The molecular weight excluding hydrogens is 356 g/mol. The minimum Gasteiger partial charge on any atom is -0.493 e. The number of nitrogens with zero attached hydrogens (tertiary/aromatic N) is 4. The monoisotopic (exact) mass is 374 g/mol. The second kappa shape index (κ2) is 7.73. The van der Waals surface area contributed by atoms with Crippen molar-refractivity contribution in [2.24, 2.45) is 0 Å². The molecule has 7 heteroatoms. The van der Waals surface area contributed by atoms with E-state index in [1.54, 1.807) is 12.1 Å². The summed E-state index contributed by atoms with van der Waals surface area (Å²) in [6.45, 7) is -0.327. The van der Waals surface area contributed by atoms with E-state index in [1.165, 1.54) is 13.2 Å². The number of rotatable bonds is 5. The SMILES string of the molecule is COc1cc(C#N)ccc1OCC(=O)C(C#N)=C1N(C)c2ccccc2N1C. The number of benzene rings is 2. The van der Waals surface area contributed by atoms with Crippen LogP contribution in [0.5, 0.6) is 11.5 Å². The Morgan fingerprint density at radius 1 is 1.04 bits per heavy atom. The molecule has 7 nitrogen and oxygen atoms in total. The number of para-hydroxylation sites is 2. The van der Waals surface area contributed by atoms with Crippen LogP contribution in [0.3, 0.4) is 0 Å². The van der Waals surface area contributed by atoms with Crippen molar-refractivity contribution in [1.29, 1.82) is 10.5 Å². The van der Waals surface area contributed by atoms with Crippen LogP contribution in [0, 0.1) is 22.7 Å². The standard InChI is InChI=1S/C21H18N4O3/c1-24-16-6-4-5-7-17(16)25(2)21(24)15(12-23)18(26)13-28-19-9-8-14(11-22)10-20(19)27-3/h4-10H,13H2,1-3H3. The molecule has 28 heavy (non-hydrogen) atoms. The van der Waals surface area contributed by atoms with Crippen LogP contribution < -0.4 is 19.3 Å². The summed E-state index contributed by atoms with van der Waals surface area (Å²) < 4.78 is 10.8. The number of nitriles is 2. The van der Waals surface area contributed by atoms with Gasteiger partial charge in [0.05, 0.1) is 30.1 Å². The number of anilines is 2. The van der Waals surface area contributed by atoms with Gasteiger partial charge in [0.25, 0.3) is 0 Å². The van der Waals surface area contributed by atoms with E-state index in [-0.39, 0.29) is 12.2 Å². The fourth-order valence-corrected chi connectivity index (χ4v) is 3.13. The number of carbonyl (C=O) groups is 1. The number of fused-ring (bicyclic) bond motifs is 1. The van der Waals surface area contributed by atoms with Gasteiger partial charge in [0.1, 0.15) is 17.5 Å². The van der Waals surface area contributed by atoms with Gasteiger partial charge in [-0.2, -0.15) is 10.5 Å². The van der Waals surface area contributed by atoms with E-state index in [0.29, 0.717) is 22.9 Å². The van der Waals surface area contributed by atoms with Gasteiger partial charge >= 0.3 is 0 Å².